The lowest BCUT2D eigenvalue weighted by Gasteiger charge is -2.17. The molecule has 0 radical (unpaired) electrons. The first kappa shape index (κ1) is 23.4. The summed E-state index contributed by atoms with van der Waals surface area (Å²) in [4.78, 5) is 36.8. The van der Waals surface area contributed by atoms with Crippen molar-refractivity contribution < 1.29 is 18.7 Å². The van der Waals surface area contributed by atoms with Gasteiger partial charge in [-0.25, -0.2) is 9.49 Å². The Balaban J connectivity index is 1.41. The summed E-state index contributed by atoms with van der Waals surface area (Å²) in [5, 5.41) is 9.36. The number of benzene rings is 2. The Hall–Kier alpha value is -3.81. The summed E-state index contributed by atoms with van der Waals surface area (Å²) in [6.45, 7) is 0. The number of nitrogens with one attached hydrogen (secondary N) is 2. The Morgan fingerprint density at radius 2 is 1.79 bits per heavy atom. The molecule has 0 atom stereocenters. The highest BCUT2D eigenvalue weighted by molar-refractivity contribution is 6.00. The minimum Gasteiger partial charge on any atom is -0.497 e. The number of hydrogen-bond acceptors (Lipinski definition) is 5. The Morgan fingerprint density at radius 3 is 2.53 bits per heavy atom. The number of rotatable bonds is 8. The average Bonchev–Trinajstić information content (AvgIpc) is 2.86. The Morgan fingerprint density at radius 1 is 1.06 bits per heavy atom. The number of fused-ring (bicyclic) bond motifs is 1. The molecule has 176 valence electrons. The standard InChI is InChI=1S/C26H26FN3O4/c1-34-18-9-7-17(8-10-18)24(31)12-13-25(32)28-23-15-16(6-11-21(23)27)14-22-19-4-2-3-5-20(19)26(33)30-29-22/h6-11,15H,2-5,12-14H2,1H3,(H,28,32)(H,30,33). The number of methoxy groups -OCH3 is 1. The number of carbonyl (C=O) groups excluding carboxylic acids is 2. The summed E-state index contributed by atoms with van der Waals surface area (Å²) in [6, 6.07) is 11.2. The minimum absolute atomic E-state index is 0.00685. The van der Waals surface area contributed by atoms with E-state index in [1.807, 2.05) is 0 Å². The van der Waals surface area contributed by atoms with Gasteiger partial charge in [0.1, 0.15) is 11.6 Å². The van der Waals surface area contributed by atoms with Crippen molar-refractivity contribution in [1.82, 2.24) is 10.2 Å². The highest BCUT2D eigenvalue weighted by Crippen LogP contribution is 2.24. The molecule has 1 aliphatic rings. The Labute approximate surface area is 196 Å². The van der Waals surface area contributed by atoms with Gasteiger partial charge in [0.2, 0.25) is 5.91 Å². The van der Waals surface area contributed by atoms with Gasteiger partial charge in [0, 0.05) is 30.4 Å². The monoisotopic (exact) mass is 463 g/mol. The van der Waals surface area contributed by atoms with Gasteiger partial charge in [0.25, 0.3) is 5.56 Å². The third kappa shape index (κ3) is 5.39. The summed E-state index contributed by atoms with van der Waals surface area (Å²) in [7, 11) is 1.54. The van der Waals surface area contributed by atoms with Gasteiger partial charge in [-0.15, -0.1) is 0 Å². The molecule has 1 heterocycles. The van der Waals surface area contributed by atoms with Crippen molar-refractivity contribution in [1.29, 1.82) is 0 Å². The number of aromatic amines is 1. The molecule has 7 nitrogen and oxygen atoms in total. The van der Waals surface area contributed by atoms with Gasteiger partial charge in [-0.1, -0.05) is 6.07 Å². The van der Waals surface area contributed by atoms with Crippen LogP contribution >= 0.6 is 0 Å². The quantitative estimate of drug-likeness (QED) is 0.492. The molecule has 3 aromatic rings. The van der Waals surface area contributed by atoms with Crippen molar-refractivity contribution in [3.05, 3.63) is 86.6 Å². The topological polar surface area (TPSA) is 101 Å². The molecular weight excluding hydrogens is 437 g/mol. The second-order valence-electron chi connectivity index (χ2n) is 8.35. The van der Waals surface area contributed by atoms with Crippen molar-refractivity contribution in [2.75, 3.05) is 12.4 Å². The van der Waals surface area contributed by atoms with E-state index in [4.69, 9.17) is 4.74 Å². The van der Waals surface area contributed by atoms with Crippen LogP contribution in [0.1, 0.15) is 58.4 Å². The fraction of sp³-hybridized carbons (Fsp3) is 0.308. The van der Waals surface area contributed by atoms with E-state index in [2.05, 4.69) is 15.5 Å². The number of halogens is 1. The number of nitrogens with zero attached hydrogens (tertiary/aromatic N) is 1. The third-order valence-electron chi connectivity index (χ3n) is 6.05. The summed E-state index contributed by atoms with van der Waals surface area (Å²) in [6.07, 6.45) is 3.88. The van der Waals surface area contributed by atoms with Gasteiger partial charge in [-0.2, -0.15) is 5.10 Å². The molecule has 0 unspecified atom stereocenters. The van der Waals surface area contributed by atoms with Crippen LogP contribution in [0.5, 0.6) is 5.75 Å². The van der Waals surface area contributed by atoms with Crippen molar-refractivity contribution >= 4 is 17.4 Å². The van der Waals surface area contributed by atoms with E-state index in [0.717, 1.165) is 48.1 Å². The van der Waals surface area contributed by atoms with E-state index in [1.54, 1.807) is 43.5 Å². The lowest BCUT2D eigenvalue weighted by atomic mass is 9.90. The molecular formula is C26H26FN3O4. The van der Waals surface area contributed by atoms with Gasteiger partial charge in [0.05, 0.1) is 18.5 Å². The molecule has 2 aromatic carbocycles. The molecule has 1 aromatic heterocycles. The molecule has 1 amide bonds. The molecule has 8 heteroatoms. The zero-order valence-corrected chi connectivity index (χ0v) is 18.9. The fourth-order valence-electron chi connectivity index (χ4n) is 4.21. The lowest BCUT2D eigenvalue weighted by molar-refractivity contribution is -0.116. The molecule has 4 rings (SSSR count). The number of hydrogen-bond donors (Lipinski definition) is 2. The van der Waals surface area contributed by atoms with Crippen molar-refractivity contribution in [3.8, 4) is 5.75 Å². The summed E-state index contributed by atoms with van der Waals surface area (Å²) >= 11 is 0. The maximum Gasteiger partial charge on any atom is 0.267 e. The first-order chi connectivity index (χ1) is 16.4. The maximum atomic E-state index is 14.4. The molecule has 34 heavy (non-hydrogen) atoms. The SMILES string of the molecule is COc1ccc(C(=O)CCC(=O)Nc2cc(Cc3n[nH]c(=O)c4c3CCCC4)ccc2F)cc1. The van der Waals surface area contributed by atoms with Gasteiger partial charge < -0.3 is 10.1 Å². The van der Waals surface area contributed by atoms with Gasteiger partial charge in [-0.3, -0.25) is 14.4 Å². The normalized spacial score (nSPS) is 12.6. The number of anilines is 1. The van der Waals surface area contributed by atoms with E-state index in [9.17, 15) is 18.8 Å². The van der Waals surface area contributed by atoms with Crippen LogP contribution in [0.2, 0.25) is 0 Å². The predicted molar refractivity (Wildman–Crippen MR) is 126 cm³/mol. The molecule has 0 saturated carbocycles. The Kier molecular flexibility index (Phi) is 7.15. The number of H-pyrrole nitrogens is 1. The van der Waals surface area contributed by atoms with Crippen LogP contribution in [0.15, 0.2) is 47.3 Å². The number of ketones is 1. The number of Topliss-reactive ketones (excluding diaryl/α,β-unsaturated/α-hetero) is 1. The van der Waals surface area contributed by atoms with Crippen LogP contribution in [-0.2, 0) is 24.1 Å². The highest BCUT2D eigenvalue weighted by atomic mass is 19.1. The predicted octanol–water partition coefficient (Wildman–Crippen LogP) is 3.99. The van der Waals surface area contributed by atoms with E-state index in [1.165, 1.54) is 6.07 Å². The van der Waals surface area contributed by atoms with Gasteiger partial charge in [0.15, 0.2) is 5.78 Å². The number of carbonyl (C=O) groups is 2. The van der Waals surface area contributed by atoms with Crippen molar-refractivity contribution in [3.63, 3.8) is 0 Å². The first-order valence-electron chi connectivity index (χ1n) is 11.3. The van der Waals surface area contributed by atoms with E-state index in [0.29, 0.717) is 17.7 Å². The molecule has 0 aliphatic heterocycles. The highest BCUT2D eigenvalue weighted by Gasteiger charge is 2.19. The van der Waals surface area contributed by atoms with Crippen LogP contribution in [0.4, 0.5) is 10.1 Å². The molecule has 1 aliphatic carbocycles. The first-order valence-corrected chi connectivity index (χ1v) is 11.3. The molecule has 0 saturated heterocycles. The maximum absolute atomic E-state index is 14.4. The van der Waals surface area contributed by atoms with Crippen LogP contribution < -0.4 is 15.6 Å². The largest absolute Gasteiger partial charge is 0.497 e. The van der Waals surface area contributed by atoms with E-state index < -0.39 is 11.7 Å². The zero-order valence-electron chi connectivity index (χ0n) is 18.9. The van der Waals surface area contributed by atoms with Crippen molar-refractivity contribution in [2.24, 2.45) is 0 Å². The smallest absolute Gasteiger partial charge is 0.267 e. The van der Waals surface area contributed by atoms with Crippen LogP contribution in [0.25, 0.3) is 0 Å². The molecule has 2 N–H and O–H groups in total. The number of ether oxygens (including phenoxy) is 1. The number of amides is 1. The van der Waals surface area contributed by atoms with Crippen LogP contribution in [0, 0.1) is 5.82 Å². The summed E-state index contributed by atoms with van der Waals surface area (Å²) in [5.74, 6) is -0.546. The molecule has 0 bridgehead atoms. The average molecular weight is 464 g/mol. The van der Waals surface area contributed by atoms with Crippen LogP contribution in [-0.4, -0.2) is 29.0 Å². The molecule has 0 fully saturated rings. The lowest BCUT2D eigenvalue weighted by Crippen LogP contribution is -2.23. The summed E-state index contributed by atoms with van der Waals surface area (Å²) < 4.78 is 19.4. The third-order valence-corrected chi connectivity index (χ3v) is 6.05. The summed E-state index contributed by atoms with van der Waals surface area (Å²) in [5.41, 5.74) is 3.68. The Bertz CT molecular complexity index is 1270. The van der Waals surface area contributed by atoms with Gasteiger partial charge in [-0.05, 0) is 73.2 Å². The minimum atomic E-state index is -0.560. The van der Waals surface area contributed by atoms with E-state index >= 15 is 0 Å². The number of aromatic nitrogens is 2. The molecule has 0 spiro atoms. The van der Waals surface area contributed by atoms with Crippen molar-refractivity contribution in [2.45, 2.75) is 44.9 Å². The second-order valence-corrected chi connectivity index (χ2v) is 8.35. The van der Waals surface area contributed by atoms with E-state index in [-0.39, 0.29) is 29.9 Å². The zero-order chi connectivity index (χ0) is 24.1. The fourth-order valence-corrected chi connectivity index (χ4v) is 4.21. The van der Waals surface area contributed by atoms with Crippen LogP contribution in [0.3, 0.4) is 0 Å². The second kappa shape index (κ2) is 10.4. The van der Waals surface area contributed by atoms with Gasteiger partial charge >= 0.3 is 0 Å².